The molecule has 2 aromatic rings. The Kier molecular flexibility index (Phi) is 4.29. The van der Waals surface area contributed by atoms with Crippen LogP contribution in [0.2, 0.25) is 0 Å². The Bertz CT molecular complexity index is 746. The summed E-state index contributed by atoms with van der Waals surface area (Å²) >= 11 is 0. The summed E-state index contributed by atoms with van der Waals surface area (Å²) in [7, 11) is 0. The number of anilines is 1. The molecule has 4 rings (SSSR count). The molecule has 7 nitrogen and oxygen atoms in total. The summed E-state index contributed by atoms with van der Waals surface area (Å²) in [6.07, 6.45) is 8.16. The minimum absolute atomic E-state index is 0.0131. The van der Waals surface area contributed by atoms with Crippen LogP contribution in [0.5, 0.6) is 0 Å². The number of aromatic nitrogens is 2. The molecule has 2 aliphatic rings. The van der Waals surface area contributed by atoms with E-state index >= 15 is 0 Å². The Morgan fingerprint density at radius 1 is 1.32 bits per heavy atom. The first kappa shape index (κ1) is 15.9. The number of furan rings is 1. The molecular formula is C18H22N4O3. The highest BCUT2D eigenvalue weighted by Gasteiger charge is 2.35. The van der Waals surface area contributed by atoms with Crippen LogP contribution < -0.4 is 5.32 Å². The predicted octanol–water partition coefficient (Wildman–Crippen LogP) is 2.58. The van der Waals surface area contributed by atoms with E-state index in [1.807, 2.05) is 16.8 Å². The Morgan fingerprint density at radius 3 is 2.92 bits per heavy atom. The van der Waals surface area contributed by atoms with Gasteiger partial charge in [-0.15, -0.1) is 0 Å². The third-order valence-corrected chi connectivity index (χ3v) is 5.10. The number of amides is 2. The highest BCUT2D eigenvalue weighted by molar-refractivity contribution is 5.96. The molecule has 2 amide bonds. The lowest BCUT2D eigenvalue weighted by Gasteiger charge is -2.17. The van der Waals surface area contributed by atoms with Crippen LogP contribution in [0.3, 0.4) is 0 Å². The van der Waals surface area contributed by atoms with Crippen molar-refractivity contribution in [3.63, 3.8) is 0 Å². The second-order valence-corrected chi connectivity index (χ2v) is 6.84. The molecular weight excluding hydrogens is 320 g/mol. The molecule has 1 aliphatic heterocycles. The van der Waals surface area contributed by atoms with Crippen molar-refractivity contribution in [2.45, 2.75) is 44.7 Å². The van der Waals surface area contributed by atoms with E-state index in [0.717, 1.165) is 24.4 Å². The van der Waals surface area contributed by atoms with Gasteiger partial charge in [0.05, 0.1) is 31.0 Å². The van der Waals surface area contributed by atoms with Crippen LogP contribution in [0.15, 0.2) is 35.1 Å². The topological polar surface area (TPSA) is 80.4 Å². The van der Waals surface area contributed by atoms with Crippen LogP contribution in [0, 0.1) is 5.92 Å². The Labute approximate surface area is 146 Å². The van der Waals surface area contributed by atoms with E-state index in [1.54, 1.807) is 23.4 Å². The van der Waals surface area contributed by atoms with E-state index in [2.05, 4.69) is 10.4 Å². The van der Waals surface area contributed by atoms with Crippen LogP contribution >= 0.6 is 0 Å². The normalized spacial score (nSPS) is 21.2. The van der Waals surface area contributed by atoms with Gasteiger partial charge in [0.15, 0.2) is 0 Å². The fourth-order valence-electron chi connectivity index (χ4n) is 3.77. The molecule has 1 saturated carbocycles. The van der Waals surface area contributed by atoms with Gasteiger partial charge in [0.25, 0.3) is 0 Å². The van der Waals surface area contributed by atoms with Crippen molar-refractivity contribution in [3.05, 3.63) is 36.4 Å². The Morgan fingerprint density at radius 2 is 2.16 bits per heavy atom. The van der Waals surface area contributed by atoms with Gasteiger partial charge in [-0.25, -0.2) is 4.68 Å². The first-order chi connectivity index (χ1) is 12.2. The highest BCUT2D eigenvalue weighted by atomic mass is 16.3. The third kappa shape index (κ3) is 3.31. The summed E-state index contributed by atoms with van der Waals surface area (Å²) in [4.78, 5) is 26.5. The Balaban J connectivity index is 1.39. The summed E-state index contributed by atoms with van der Waals surface area (Å²) in [5.41, 5.74) is 0. The van der Waals surface area contributed by atoms with Gasteiger partial charge < -0.3 is 14.6 Å². The lowest BCUT2D eigenvalue weighted by molar-refractivity contribution is -0.128. The van der Waals surface area contributed by atoms with Gasteiger partial charge in [0.2, 0.25) is 11.8 Å². The van der Waals surface area contributed by atoms with Gasteiger partial charge in [0, 0.05) is 19.0 Å². The lowest BCUT2D eigenvalue weighted by atomic mass is 10.1. The van der Waals surface area contributed by atoms with Gasteiger partial charge in [-0.1, -0.05) is 12.8 Å². The smallest absolute Gasteiger partial charge is 0.230 e. The standard InChI is InChI=1S/C18H22N4O3/c23-17-10-13(11-21(17)12-15-6-3-9-25-15)18(24)20-16-7-8-19-22(16)14-4-1-2-5-14/h3,6-9,13-14H,1-2,4-5,10-12H2,(H,20,24)/t13-/m0/s1. The van der Waals surface area contributed by atoms with E-state index in [1.165, 1.54) is 12.8 Å². The summed E-state index contributed by atoms with van der Waals surface area (Å²) in [6, 6.07) is 5.82. The van der Waals surface area contributed by atoms with Crippen molar-refractivity contribution in [1.82, 2.24) is 14.7 Å². The number of hydrogen-bond acceptors (Lipinski definition) is 4. The average molecular weight is 342 g/mol. The number of carbonyl (C=O) groups excluding carboxylic acids is 2. The molecule has 132 valence electrons. The van der Waals surface area contributed by atoms with E-state index in [9.17, 15) is 9.59 Å². The number of nitrogens with zero attached hydrogens (tertiary/aromatic N) is 3. The zero-order valence-electron chi connectivity index (χ0n) is 14.1. The summed E-state index contributed by atoms with van der Waals surface area (Å²) in [5.74, 6) is 0.993. The second-order valence-electron chi connectivity index (χ2n) is 6.84. The molecule has 2 aromatic heterocycles. The quantitative estimate of drug-likeness (QED) is 0.905. The minimum Gasteiger partial charge on any atom is -0.467 e. The molecule has 0 unspecified atom stereocenters. The fourth-order valence-corrected chi connectivity index (χ4v) is 3.77. The molecule has 1 N–H and O–H groups in total. The molecule has 1 atom stereocenters. The molecule has 25 heavy (non-hydrogen) atoms. The summed E-state index contributed by atoms with van der Waals surface area (Å²) in [6.45, 7) is 0.832. The third-order valence-electron chi connectivity index (χ3n) is 5.10. The number of hydrogen-bond donors (Lipinski definition) is 1. The lowest BCUT2D eigenvalue weighted by Crippen LogP contribution is -2.28. The maximum Gasteiger partial charge on any atom is 0.230 e. The maximum atomic E-state index is 12.6. The van der Waals surface area contributed by atoms with Crippen LogP contribution in [-0.4, -0.2) is 33.0 Å². The van der Waals surface area contributed by atoms with Crippen LogP contribution in [0.4, 0.5) is 5.82 Å². The van der Waals surface area contributed by atoms with Crippen LogP contribution in [0.25, 0.3) is 0 Å². The van der Waals surface area contributed by atoms with E-state index < -0.39 is 0 Å². The van der Waals surface area contributed by atoms with Gasteiger partial charge in [-0.05, 0) is 25.0 Å². The SMILES string of the molecule is O=C(Nc1ccnn1C1CCCC1)[C@H]1CC(=O)N(Cc2ccco2)C1. The highest BCUT2D eigenvalue weighted by Crippen LogP contribution is 2.31. The largest absolute Gasteiger partial charge is 0.467 e. The van der Waals surface area contributed by atoms with E-state index in [-0.39, 0.29) is 24.2 Å². The molecule has 1 aliphatic carbocycles. The summed E-state index contributed by atoms with van der Waals surface area (Å²) in [5, 5.41) is 7.34. The monoisotopic (exact) mass is 342 g/mol. The first-order valence-electron chi connectivity index (χ1n) is 8.85. The Hall–Kier alpha value is -2.57. The zero-order valence-corrected chi connectivity index (χ0v) is 14.1. The molecule has 0 radical (unpaired) electrons. The number of nitrogens with one attached hydrogen (secondary N) is 1. The molecule has 0 spiro atoms. The van der Waals surface area contributed by atoms with Crippen molar-refractivity contribution in [3.8, 4) is 0 Å². The van der Waals surface area contributed by atoms with Crippen molar-refractivity contribution in [2.24, 2.45) is 5.92 Å². The molecule has 2 fully saturated rings. The van der Waals surface area contributed by atoms with Gasteiger partial charge in [-0.3, -0.25) is 9.59 Å². The summed E-state index contributed by atoms with van der Waals surface area (Å²) < 4.78 is 7.21. The van der Waals surface area contributed by atoms with E-state index in [4.69, 9.17) is 4.42 Å². The predicted molar refractivity (Wildman–Crippen MR) is 90.6 cm³/mol. The maximum absolute atomic E-state index is 12.6. The van der Waals surface area contributed by atoms with Crippen molar-refractivity contribution < 1.29 is 14.0 Å². The van der Waals surface area contributed by atoms with Crippen molar-refractivity contribution in [2.75, 3.05) is 11.9 Å². The minimum atomic E-state index is -0.339. The van der Waals surface area contributed by atoms with E-state index in [0.29, 0.717) is 19.1 Å². The molecule has 7 heteroatoms. The van der Waals surface area contributed by atoms with Crippen molar-refractivity contribution in [1.29, 1.82) is 0 Å². The second kappa shape index (κ2) is 6.74. The zero-order chi connectivity index (χ0) is 17.2. The van der Waals surface area contributed by atoms with Crippen LogP contribution in [0.1, 0.15) is 43.9 Å². The molecule has 1 saturated heterocycles. The first-order valence-corrected chi connectivity index (χ1v) is 8.85. The molecule has 0 aromatic carbocycles. The van der Waals surface area contributed by atoms with Crippen LogP contribution in [-0.2, 0) is 16.1 Å². The molecule has 3 heterocycles. The molecule has 0 bridgehead atoms. The van der Waals surface area contributed by atoms with Gasteiger partial charge in [0.1, 0.15) is 11.6 Å². The number of rotatable bonds is 5. The number of likely N-dealkylation sites (tertiary alicyclic amines) is 1. The van der Waals surface area contributed by atoms with Gasteiger partial charge >= 0.3 is 0 Å². The average Bonchev–Trinajstić information content (AvgIpc) is 3.35. The van der Waals surface area contributed by atoms with Gasteiger partial charge in [-0.2, -0.15) is 5.10 Å². The van der Waals surface area contributed by atoms with Crippen molar-refractivity contribution >= 4 is 17.6 Å². The number of carbonyl (C=O) groups is 2. The fraction of sp³-hybridized carbons (Fsp3) is 0.500.